The molecule has 0 amide bonds. The number of aryl methyl sites for hydroxylation is 1. The van der Waals surface area contributed by atoms with Crippen molar-refractivity contribution in [2.45, 2.75) is 12.8 Å². The van der Waals surface area contributed by atoms with Crippen LogP contribution in [0.5, 0.6) is 0 Å². The van der Waals surface area contributed by atoms with E-state index in [0.29, 0.717) is 18.4 Å². The fourth-order valence-electron chi connectivity index (χ4n) is 0.852. The van der Waals surface area contributed by atoms with Crippen molar-refractivity contribution in [3.05, 3.63) is 21.9 Å². The van der Waals surface area contributed by atoms with Gasteiger partial charge < -0.3 is 10.1 Å². The molecule has 0 spiro atoms. The van der Waals surface area contributed by atoms with Gasteiger partial charge in [-0.3, -0.25) is 0 Å². The van der Waals surface area contributed by atoms with Gasteiger partial charge in [-0.15, -0.1) is 17.4 Å². The molecule has 0 unspecified atom stereocenters. The minimum atomic E-state index is -0.501. The first-order chi connectivity index (χ1) is 5.75. The molecule has 0 atom stereocenters. The Kier molecular flexibility index (Phi) is 2.43. The highest BCUT2D eigenvalue weighted by Gasteiger charge is 2.12. The van der Waals surface area contributed by atoms with Gasteiger partial charge in [0.25, 0.3) is 0 Å². The number of nitrogens with zero attached hydrogens (tertiary/aromatic N) is 2. The summed E-state index contributed by atoms with van der Waals surface area (Å²) in [6.07, 6.45) is 7.42. The fourth-order valence-corrected chi connectivity index (χ4v) is 0.852. The first kappa shape index (κ1) is 8.27. The maximum atomic E-state index is 10.3. The maximum absolute atomic E-state index is 10.3. The molecule has 1 aromatic rings. The van der Waals surface area contributed by atoms with Crippen molar-refractivity contribution in [1.82, 2.24) is 10.2 Å². The highest BCUT2D eigenvalue weighted by atomic mass is 16.6. The summed E-state index contributed by atoms with van der Waals surface area (Å²) in [5, 5.41) is 16.2. The van der Waals surface area contributed by atoms with Gasteiger partial charge in [0.05, 0.1) is 11.8 Å². The van der Waals surface area contributed by atoms with Crippen molar-refractivity contribution in [3.63, 3.8) is 0 Å². The molecule has 1 rings (SSSR count). The standard InChI is InChI=1S/C7H7N3O2/c1-2-3-4-6-5-8-9-7(6)10(11)12/h1,5H,3-4H2,(H,8,9). The average Bonchev–Trinajstić information content (AvgIpc) is 2.48. The number of nitrogens with one attached hydrogen (secondary N) is 1. The number of terminal acetylenes is 1. The number of aromatic nitrogens is 2. The molecule has 62 valence electrons. The summed E-state index contributed by atoms with van der Waals surface area (Å²) in [4.78, 5) is 9.83. The monoisotopic (exact) mass is 165 g/mol. The maximum Gasteiger partial charge on any atom is 0.345 e. The molecule has 0 fully saturated rings. The van der Waals surface area contributed by atoms with Crippen molar-refractivity contribution in [1.29, 1.82) is 0 Å². The molecule has 0 saturated heterocycles. The van der Waals surface area contributed by atoms with Gasteiger partial charge in [-0.25, -0.2) is 0 Å². The average molecular weight is 165 g/mol. The van der Waals surface area contributed by atoms with Gasteiger partial charge in [0, 0.05) is 6.42 Å². The van der Waals surface area contributed by atoms with E-state index < -0.39 is 4.92 Å². The second-order valence-corrected chi connectivity index (χ2v) is 2.21. The summed E-state index contributed by atoms with van der Waals surface area (Å²) in [5.41, 5.74) is 0.554. The van der Waals surface area contributed by atoms with Gasteiger partial charge in [-0.1, -0.05) is 5.10 Å². The Labute approximate surface area is 68.9 Å². The van der Waals surface area contributed by atoms with Crippen LogP contribution in [0.15, 0.2) is 6.20 Å². The molecule has 0 saturated carbocycles. The van der Waals surface area contributed by atoms with Crippen LogP contribution in [-0.4, -0.2) is 15.1 Å². The molecule has 0 aliphatic rings. The highest BCUT2D eigenvalue weighted by Crippen LogP contribution is 2.14. The Balaban J connectivity index is 2.79. The van der Waals surface area contributed by atoms with Crippen molar-refractivity contribution in [3.8, 4) is 12.3 Å². The Hall–Kier alpha value is -1.83. The summed E-state index contributed by atoms with van der Waals surface area (Å²) < 4.78 is 0. The Morgan fingerprint density at radius 3 is 3.17 bits per heavy atom. The van der Waals surface area contributed by atoms with Crippen molar-refractivity contribution >= 4 is 5.82 Å². The number of nitro groups is 1. The zero-order valence-corrected chi connectivity index (χ0v) is 6.28. The van der Waals surface area contributed by atoms with Crippen LogP contribution in [-0.2, 0) is 6.42 Å². The van der Waals surface area contributed by atoms with Gasteiger partial charge in [-0.05, 0) is 11.3 Å². The molecule has 1 heterocycles. The second kappa shape index (κ2) is 3.53. The van der Waals surface area contributed by atoms with Crippen molar-refractivity contribution in [2.75, 3.05) is 0 Å². The molecule has 0 aliphatic heterocycles. The second-order valence-electron chi connectivity index (χ2n) is 2.21. The van der Waals surface area contributed by atoms with Crippen LogP contribution in [0, 0.1) is 22.5 Å². The van der Waals surface area contributed by atoms with Gasteiger partial charge in [0.2, 0.25) is 0 Å². The SMILES string of the molecule is C#CCCc1cn[nH]c1[N+](=O)[O-]. The molecule has 12 heavy (non-hydrogen) atoms. The van der Waals surface area contributed by atoms with Crippen molar-refractivity contribution < 1.29 is 4.92 Å². The van der Waals surface area contributed by atoms with Crippen LogP contribution in [0.3, 0.4) is 0 Å². The molecule has 0 radical (unpaired) electrons. The van der Waals surface area contributed by atoms with E-state index >= 15 is 0 Å². The van der Waals surface area contributed by atoms with Gasteiger partial charge in [0.15, 0.2) is 0 Å². The first-order valence-corrected chi connectivity index (χ1v) is 3.36. The quantitative estimate of drug-likeness (QED) is 0.410. The summed E-state index contributed by atoms with van der Waals surface area (Å²) in [6.45, 7) is 0. The highest BCUT2D eigenvalue weighted by molar-refractivity contribution is 5.29. The van der Waals surface area contributed by atoms with E-state index in [0.717, 1.165) is 0 Å². The Bertz CT molecular complexity index is 324. The predicted octanol–water partition coefficient (Wildman–Crippen LogP) is 0.884. The number of H-pyrrole nitrogens is 1. The molecule has 5 nitrogen and oxygen atoms in total. The van der Waals surface area contributed by atoms with Crippen molar-refractivity contribution in [2.24, 2.45) is 0 Å². The van der Waals surface area contributed by atoms with Crippen LogP contribution < -0.4 is 0 Å². The van der Waals surface area contributed by atoms with Gasteiger partial charge in [0.1, 0.15) is 0 Å². The summed E-state index contributed by atoms with van der Waals surface area (Å²) >= 11 is 0. The van der Waals surface area contributed by atoms with Crippen LogP contribution in [0.1, 0.15) is 12.0 Å². The number of hydrogen-bond acceptors (Lipinski definition) is 3. The Morgan fingerprint density at radius 1 is 1.83 bits per heavy atom. The third-order valence-corrected chi connectivity index (χ3v) is 1.42. The van der Waals surface area contributed by atoms with E-state index in [2.05, 4.69) is 16.1 Å². The van der Waals surface area contributed by atoms with Crippen LogP contribution in [0.25, 0.3) is 0 Å². The van der Waals surface area contributed by atoms with E-state index in [9.17, 15) is 10.1 Å². The van der Waals surface area contributed by atoms with E-state index in [-0.39, 0.29) is 5.82 Å². The predicted molar refractivity (Wildman–Crippen MR) is 42.4 cm³/mol. The number of aromatic amines is 1. The normalized spacial score (nSPS) is 9.25. The summed E-state index contributed by atoms with van der Waals surface area (Å²) in [6, 6.07) is 0. The lowest BCUT2D eigenvalue weighted by atomic mass is 10.2. The van der Waals surface area contributed by atoms with Crippen LogP contribution in [0.4, 0.5) is 5.82 Å². The summed E-state index contributed by atoms with van der Waals surface area (Å²) in [7, 11) is 0. The van der Waals surface area contributed by atoms with E-state index in [1.54, 1.807) is 0 Å². The summed E-state index contributed by atoms with van der Waals surface area (Å²) in [5.74, 6) is 2.34. The molecular formula is C7H7N3O2. The number of hydrogen-bond donors (Lipinski definition) is 1. The molecule has 5 heteroatoms. The van der Waals surface area contributed by atoms with Crippen LogP contribution >= 0.6 is 0 Å². The topological polar surface area (TPSA) is 71.8 Å². The number of rotatable bonds is 3. The molecule has 1 N–H and O–H groups in total. The minimum absolute atomic E-state index is 0.0646. The van der Waals surface area contributed by atoms with E-state index in [1.807, 2.05) is 0 Å². The fraction of sp³-hybridized carbons (Fsp3) is 0.286. The molecule has 1 aromatic heterocycles. The third-order valence-electron chi connectivity index (χ3n) is 1.42. The lowest BCUT2D eigenvalue weighted by molar-refractivity contribution is -0.390. The minimum Gasteiger partial charge on any atom is -0.358 e. The Morgan fingerprint density at radius 2 is 2.58 bits per heavy atom. The van der Waals surface area contributed by atoms with Gasteiger partial charge in [-0.2, -0.15) is 0 Å². The van der Waals surface area contributed by atoms with Gasteiger partial charge >= 0.3 is 5.82 Å². The zero-order valence-electron chi connectivity index (χ0n) is 6.28. The largest absolute Gasteiger partial charge is 0.358 e. The molecule has 0 aromatic carbocycles. The van der Waals surface area contributed by atoms with E-state index in [4.69, 9.17) is 6.42 Å². The lowest BCUT2D eigenvalue weighted by Crippen LogP contribution is -1.92. The van der Waals surface area contributed by atoms with Crippen LogP contribution in [0.2, 0.25) is 0 Å². The molecule has 0 aliphatic carbocycles. The molecular weight excluding hydrogens is 158 g/mol. The third kappa shape index (κ3) is 1.61. The van der Waals surface area contributed by atoms with E-state index in [1.165, 1.54) is 6.20 Å². The lowest BCUT2D eigenvalue weighted by Gasteiger charge is -1.92. The first-order valence-electron chi connectivity index (χ1n) is 3.36. The zero-order chi connectivity index (χ0) is 8.97. The molecule has 0 bridgehead atoms. The smallest absolute Gasteiger partial charge is 0.345 e.